The first-order valence-electron chi connectivity index (χ1n) is 4.74. The van der Waals surface area contributed by atoms with Crippen molar-refractivity contribution in [1.82, 2.24) is 4.57 Å². The highest BCUT2D eigenvalue weighted by Gasteiger charge is 2.10. The Balaban J connectivity index is 2.96. The number of hydrogen-bond donors (Lipinski definition) is 0. The van der Waals surface area contributed by atoms with Crippen LogP contribution in [0.15, 0.2) is 6.07 Å². The van der Waals surface area contributed by atoms with Crippen LogP contribution in [0.25, 0.3) is 0 Å². The van der Waals surface area contributed by atoms with Crippen LogP contribution >= 0.6 is 0 Å². The van der Waals surface area contributed by atoms with Gasteiger partial charge in [-0.3, -0.25) is 4.79 Å². The van der Waals surface area contributed by atoms with E-state index in [4.69, 9.17) is 4.74 Å². The van der Waals surface area contributed by atoms with Gasteiger partial charge in [0.15, 0.2) is 6.29 Å². The zero-order valence-corrected chi connectivity index (χ0v) is 9.20. The van der Waals surface area contributed by atoms with Crippen molar-refractivity contribution in [3.63, 3.8) is 0 Å². The Morgan fingerprint density at radius 1 is 1.57 bits per heavy atom. The Labute approximate surface area is 84.7 Å². The minimum atomic E-state index is 0.166. The number of ether oxygens (including phenoxy) is 1. The molecular weight excluding hydrogens is 178 g/mol. The van der Waals surface area contributed by atoms with Gasteiger partial charge in [0.2, 0.25) is 0 Å². The maximum atomic E-state index is 10.7. The Hall–Kier alpha value is -1.09. The minimum absolute atomic E-state index is 0.166. The molecule has 0 aromatic carbocycles. The monoisotopic (exact) mass is 195 g/mol. The molecule has 0 bridgehead atoms. The Bertz CT molecular complexity index is 328. The predicted molar refractivity (Wildman–Crippen MR) is 55.8 cm³/mol. The maximum absolute atomic E-state index is 10.7. The molecule has 0 radical (unpaired) electrons. The lowest BCUT2D eigenvalue weighted by Gasteiger charge is -2.14. The molecule has 0 aliphatic carbocycles. The van der Waals surface area contributed by atoms with Gasteiger partial charge in [-0.1, -0.05) is 0 Å². The zero-order chi connectivity index (χ0) is 10.7. The van der Waals surface area contributed by atoms with Gasteiger partial charge in [-0.05, 0) is 26.8 Å². The molecule has 78 valence electrons. The number of hydrogen-bond acceptors (Lipinski definition) is 2. The smallest absolute Gasteiger partial charge is 0.151 e. The van der Waals surface area contributed by atoms with E-state index in [-0.39, 0.29) is 6.10 Å². The summed E-state index contributed by atoms with van der Waals surface area (Å²) in [5.74, 6) is 0. The maximum Gasteiger partial charge on any atom is 0.151 e. The molecule has 0 saturated carbocycles. The van der Waals surface area contributed by atoms with Gasteiger partial charge in [0.1, 0.15) is 0 Å². The first-order valence-corrected chi connectivity index (χ1v) is 4.74. The second kappa shape index (κ2) is 4.42. The lowest BCUT2D eigenvalue weighted by molar-refractivity contribution is 0.102. The summed E-state index contributed by atoms with van der Waals surface area (Å²) in [6.45, 7) is 6.77. The van der Waals surface area contributed by atoms with Gasteiger partial charge in [0.05, 0.1) is 6.10 Å². The van der Waals surface area contributed by atoms with Crippen LogP contribution in [0.4, 0.5) is 0 Å². The van der Waals surface area contributed by atoms with Crippen molar-refractivity contribution >= 4 is 6.29 Å². The van der Waals surface area contributed by atoms with Crippen LogP contribution in [0.3, 0.4) is 0 Å². The highest BCUT2D eigenvalue weighted by atomic mass is 16.5. The molecule has 14 heavy (non-hydrogen) atoms. The number of carbonyl (C=O) groups is 1. The third-order valence-electron chi connectivity index (χ3n) is 2.58. The summed E-state index contributed by atoms with van der Waals surface area (Å²) < 4.78 is 7.31. The number of aldehydes is 1. The van der Waals surface area contributed by atoms with Crippen LogP contribution in [0.5, 0.6) is 0 Å². The van der Waals surface area contributed by atoms with E-state index < -0.39 is 0 Å². The number of methoxy groups -OCH3 is 1. The molecular formula is C11H17NO2. The molecule has 1 heterocycles. The summed E-state index contributed by atoms with van der Waals surface area (Å²) in [6, 6.07) is 1.91. The molecule has 1 atom stereocenters. The quantitative estimate of drug-likeness (QED) is 0.688. The predicted octanol–water partition coefficient (Wildman–Crippen LogP) is 1.95. The number of nitrogens with zero attached hydrogens (tertiary/aromatic N) is 1. The number of rotatable bonds is 4. The van der Waals surface area contributed by atoms with Gasteiger partial charge in [0, 0.05) is 30.6 Å². The van der Waals surface area contributed by atoms with Crippen molar-refractivity contribution in [3.8, 4) is 0 Å². The molecule has 0 N–H and O–H groups in total. The molecule has 0 spiro atoms. The fourth-order valence-electron chi connectivity index (χ4n) is 1.56. The van der Waals surface area contributed by atoms with E-state index in [0.717, 1.165) is 29.8 Å². The van der Waals surface area contributed by atoms with Crippen LogP contribution in [0.2, 0.25) is 0 Å². The third kappa shape index (κ3) is 2.04. The first-order chi connectivity index (χ1) is 6.60. The van der Waals surface area contributed by atoms with Gasteiger partial charge in [0.25, 0.3) is 0 Å². The summed E-state index contributed by atoms with van der Waals surface area (Å²) in [7, 11) is 1.69. The van der Waals surface area contributed by atoms with Crippen LogP contribution in [-0.2, 0) is 11.3 Å². The van der Waals surface area contributed by atoms with Crippen LogP contribution in [0.1, 0.15) is 28.7 Å². The van der Waals surface area contributed by atoms with E-state index in [2.05, 4.69) is 4.57 Å². The van der Waals surface area contributed by atoms with E-state index in [9.17, 15) is 4.79 Å². The molecule has 0 saturated heterocycles. The molecule has 1 aromatic rings. The molecule has 0 amide bonds. The van der Waals surface area contributed by atoms with Crippen molar-refractivity contribution < 1.29 is 9.53 Å². The minimum Gasteiger partial charge on any atom is -0.380 e. The highest BCUT2D eigenvalue weighted by Crippen LogP contribution is 2.14. The second-order valence-electron chi connectivity index (χ2n) is 3.60. The number of aryl methyl sites for hydroxylation is 1. The van der Waals surface area contributed by atoms with Crippen molar-refractivity contribution in [3.05, 3.63) is 23.0 Å². The number of carbonyl (C=O) groups excluding carboxylic acids is 1. The molecule has 0 fully saturated rings. The third-order valence-corrected chi connectivity index (χ3v) is 2.58. The molecule has 3 heteroatoms. The molecule has 0 aliphatic rings. The average Bonchev–Trinajstić information content (AvgIpc) is 2.44. The van der Waals surface area contributed by atoms with E-state index in [1.807, 2.05) is 26.8 Å². The van der Waals surface area contributed by atoms with Crippen molar-refractivity contribution in [2.24, 2.45) is 0 Å². The van der Waals surface area contributed by atoms with Crippen molar-refractivity contribution in [1.29, 1.82) is 0 Å². The summed E-state index contributed by atoms with van der Waals surface area (Å²) in [5.41, 5.74) is 2.89. The van der Waals surface area contributed by atoms with Gasteiger partial charge in [-0.25, -0.2) is 0 Å². The van der Waals surface area contributed by atoms with Gasteiger partial charge in [-0.15, -0.1) is 0 Å². The largest absolute Gasteiger partial charge is 0.380 e. The lowest BCUT2D eigenvalue weighted by Crippen LogP contribution is -2.16. The summed E-state index contributed by atoms with van der Waals surface area (Å²) in [4.78, 5) is 10.7. The topological polar surface area (TPSA) is 31.2 Å². The first kappa shape index (κ1) is 11.0. The Morgan fingerprint density at radius 2 is 2.21 bits per heavy atom. The number of aromatic nitrogens is 1. The normalized spacial score (nSPS) is 12.9. The summed E-state index contributed by atoms with van der Waals surface area (Å²) >= 11 is 0. The summed E-state index contributed by atoms with van der Waals surface area (Å²) in [6.07, 6.45) is 1.07. The highest BCUT2D eigenvalue weighted by molar-refractivity contribution is 5.77. The van der Waals surface area contributed by atoms with Crippen molar-refractivity contribution in [2.75, 3.05) is 7.11 Å². The van der Waals surface area contributed by atoms with Crippen molar-refractivity contribution in [2.45, 2.75) is 33.4 Å². The summed E-state index contributed by atoms with van der Waals surface area (Å²) in [5, 5.41) is 0. The molecule has 1 aromatic heterocycles. The van der Waals surface area contributed by atoms with E-state index in [0.29, 0.717) is 0 Å². The van der Waals surface area contributed by atoms with Crippen LogP contribution in [-0.4, -0.2) is 24.1 Å². The van der Waals surface area contributed by atoms with E-state index >= 15 is 0 Å². The van der Waals surface area contributed by atoms with Gasteiger partial charge >= 0.3 is 0 Å². The Kier molecular flexibility index (Phi) is 3.47. The fraction of sp³-hybridized carbons (Fsp3) is 0.545. The van der Waals surface area contributed by atoms with Crippen LogP contribution < -0.4 is 0 Å². The van der Waals surface area contributed by atoms with E-state index in [1.165, 1.54) is 0 Å². The molecule has 3 nitrogen and oxygen atoms in total. The second-order valence-corrected chi connectivity index (χ2v) is 3.60. The fourth-order valence-corrected chi connectivity index (χ4v) is 1.56. The molecule has 1 rings (SSSR count). The SMILES string of the molecule is COC(C)Cn1c(C)cc(C=O)c1C. The van der Waals surface area contributed by atoms with Gasteiger partial charge < -0.3 is 9.30 Å². The van der Waals surface area contributed by atoms with E-state index in [1.54, 1.807) is 7.11 Å². The molecule has 0 aliphatic heterocycles. The molecule has 1 unspecified atom stereocenters. The lowest BCUT2D eigenvalue weighted by atomic mass is 10.3. The zero-order valence-electron chi connectivity index (χ0n) is 9.20. The average molecular weight is 195 g/mol. The van der Waals surface area contributed by atoms with Gasteiger partial charge in [-0.2, -0.15) is 0 Å². The standard InChI is InChI=1S/C11H17NO2/c1-8-5-11(7-13)10(3)12(8)6-9(2)14-4/h5,7,9H,6H2,1-4H3. The van der Waals surface area contributed by atoms with Crippen LogP contribution in [0, 0.1) is 13.8 Å². The Morgan fingerprint density at radius 3 is 2.64 bits per heavy atom.